The van der Waals surface area contributed by atoms with Crippen molar-refractivity contribution in [3.05, 3.63) is 0 Å². The minimum absolute atomic E-state index is 0.0329. The molecule has 0 aromatic rings. The zero-order valence-electron chi connectivity index (χ0n) is 12.1. The summed E-state index contributed by atoms with van der Waals surface area (Å²) in [5, 5.41) is 11.7. The minimum atomic E-state index is -0.898. The van der Waals surface area contributed by atoms with Gasteiger partial charge in [0.15, 0.2) is 0 Å². The first-order valence-electron chi connectivity index (χ1n) is 7.00. The lowest BCUT2D eigenvalue weighted by Gasteiger charge is -2.29. The van der Waals surface area contributed by atoms with Gasteiger partial charge >= 0.3 is 5.97 Å². The first-order chi connectivity index (χ1) is 9.19. The van der Waals surface area contributed by atoms with Crippen LogP contribution in [0.3, 0.4) is 0 Å². The molecule has 6 nitrogen and oxygen atoms in total. The van der Waals surface area contributed by atoms with E-state index in [1.54, 1.807) is 13.8 Å². The predicted octanol–water partition coefficient (Wildman–Crippen LogP) is 1.04. The van der Waals surface area contributed by atoms with Gasteiger partial charge in [0.2, 0.25) is 11.8 Å². The summed E-state index contributed by atoms with van der Waals surface area (Å²) >= 11 is 0. The van der Waals surface area contributed by atoms with Crippen LogP contribution in [0.15, 0.2) is 0 Å². The van der Waals surface area contributed by atoms with Gasteiger partial charge in [-0.15, -0.1) is 0 Å². The Morgan fingerprint density at radius 1 is 1.15 bits per heavy atom. The van der Waals surface area contributed by atoms with E-state index in [1.165, 1.54) is 0 Å². The third-order valence-corrected chi connectivity index (χ3v) is 3.76. The van der Waals surface area contributed by atoms with Crippen LogP contribution in [0.5, 0.6) is 0 Å². The number of carbonyl (C=O) groups excluding carboxylic acids is 2. The van der Waals surface area contributed by atoms with Gasteiger partial charge in [-0.25, -0.2) is 0 Å². The SMILES string of the molecule is CC(C)(CC(=O)O)CC(=O)NC1CCC(C(N)=O)CC1. The Bertz CT molecular complexity index is 385. The molecule has 0 heterocycles. The molecule has 2 amide bonds. The second-order valence-corrected chi connectivity index (χ2v) is 6.43. The molecule has 6 heteroatoms. The molecule has 114 valence electrons. The van der Waals surface area contributed by atoms with Crippen molar-refractivity contribution < 1.29 is 19.5 Å². The van der Waals surface area contributed by atoms with Crippen molar-refractivity contribution in [3.63, 3.8) is 0 Å². The van der Waals surface area contributed by atoms with Crippen molar-refractivity contribution >= 4 is 17.8 Å². The number of carboxylic acid groups (broad SMARTS) is 1. The molecule has 1 fully saturated rings. The molecule has 0 spiro atoms. The Morgan fingerprint density at radius 3 is 2.15 bits per heavy atom. The van der Waals surface area contributed by atoms with Gasteiger partial charge in [-0.2, -0.15) is 0 Å². The lowest BCUT2D eigenvalue weighted by molar-refractivity contribution is -0.139. The van der Waals surface area contributed by atoms with Gasteiger partial charge in [0, 0.05) is 18.4 Å². The molecule has 0 aromatic heterocycles. The zero-order chi connectivity index (χ0) is 15.3. The van der Waals surface area contributed by atoms with Crippen molar-refractivity contribution in [2.75, 3.05) is 0 Å². The summed E-state index contributed by atoms with van der Waals surface area (Å²) in [5.41, 5.74) is 4.71. The van der Waals surface area contributed by atoms with Crippen molar-refractivity contribution in [2.24, 2.45) is 17.1 Å². The Balaban J connectivity index is 2.37. The van der Waals surface area contributed by atoms with Crippen LogP contribution in [0.1, 0.15) is 52.4 Å². The number of rotatable bonds is 6. The molecule has 0 aromatic carbocycles. The fourth-order valence-electron chi connectivity index (χ4n) is 2.71. The Hall–Kier alpha value is -1.59. The van der Waals surface area contributed by atoms with Crippen LogP contribution in [-0.4, -0.2) is 28.9 Å². The first kappa shape index (κ1) is 16.5. The fraction of sp³-hybridized carbons (Fsp3) is 0.786. The maximum absolute atomic E-state index is 11.9. The normalized spacial score (nSPS) is 23.1. The van der Waals surface area contributed by atoms with E-state index in [9.17, 15) is 14.4 Å². The quantitative estimate of drug-likeness (QED) is 0.676. The third-order valence-electron chi connectivity index (χ3n) is 3.76. The number of nitrogens with one attached hydrogen (secondary N) is 1. The molecule has 0 saturated heterocycles. The number of carbonyl (C=O) groups is 3. The van der Waals surface area contributed by atoms with Crippen molar-refractivity contribution in [2.45, 2.75) is 58.4 Å². The summed E-state index contributed by atoms with van der Waals surface area (Å²) < 4.78 is 0. The first-order valence-corrected chi connectivity index (χ1v) is 7.00. The summed E-state index contributed by atoms with van der Waals surface area (Å²) in [6, 6.07) is 0.0683. The summed E-state index contributed by atoms with van der Waals surface area (Å²) in [4.78, 5) is 33.7. The predicted molar refractivity (Wildman–Crippen MR) is 73.7 cm³/mol. The van der Waals surface area contributed by atoms with Gasteiger partial charge in [0.1, 0.15) is 0 Å². The molecule has 0 radical (unpaired) electrons. The smallest absolute Gasteiger partial charge is 0.303 e. The molecular weight excluding hydrogens is 260 g/mol. The standard InChI is InChI=1S/C14H24N2O4/c1-14(2,8-12(18)19)7-11(17)16-10-5-3-9(4-6-10)13(15)20/h9-10H,3-8H2,1-2H3,(H2,15,20)(H,16,17)(H,18,19). The minimum Gasteiger partial charge on any atom is -0.481 e. The highest BCUT2D eigenvalue weighted by molar-refractivity contribution is 5.78. The second kappa shape index (κ2) is 6.72. The second-order valence-electron chi connectivity index (χ2n) is 6.43. The average Bonchev–Trinajstić information content (AvgIpc) is 2.26. The van der Waals surface area contributed by atoms with E-state index in [0.29, 0.717) is 12.8 Å². The van der Waals surface area contributed by atoms with E-state index in [4.69, 9.17) is 10.8 Å². The molecule has 1 rings (SSSR count). The number of aliphatic carboxylic acids is 1. The molecule has 0 bridgehead atoms. The summed E-state index contributed by atoms with van der Waals surface area (Å²) in [6.45, 7) is 3.54. The molecule has 0 atom stereocenters. The van der Waals surface area contributed by atoms with Gasteiger partial charge in [0.05, 0.1) is 6.42 Å². The monoisotopic (exact) mass is 284 g/mol. The Kier molecular flexibility index (Phi) is 5.53. The summed E-state index contributed by atoms with van der Waals surface area (Å²) in [7, 11) is 0. The number of hydrogen-bond acceptors (Lipinski definition) is 3. The van der Waals surface area contributed by atoms with E-state index < -0.39 is 11.4 Å². The molecule has 1 aliphatic carbocycles. The van der Waals surface area contributed by atoms with Crippen molar-refractivity contribution in [1.82, 2.24) is 5.32 Å². The van der Waals surface area contributed by atoms with Gasteiger partial charge in [-0.3, -0.25) is 14.4 Å². The molecule has 0 unspecified atom stereocenters. The number of primary amides is 1. The van der Waals surface area contributed by atoms with E-state index in [-0.39, 0.29) is 36.6 Å². The van der Waals surface area contributed by atoms with Crippen molar-refractivity contribution in [1.29, 1.82) is 0 Å². The highest BCUT2D eigenvalue weighted by Gasteiger charge is 2.28. The van der Waals surface area contributed by atoms with Crippen LogP contribution in [0.2, 0.25) is 0 Å². The fourth-order valence-corrected chi connectivity index (χ4v) is 2.71. The largest absolute Gasteiger partial charge is 0.481 e. The van der Waals surface area contributed by atoms with E-state index >= 15 is 0 Å². The summed E-state index contributed by atoms with van der Waals surface area (Å²) in [5.74, 6) is -1.37. The number of carboxylic acids is 1. The van der Waals surface area contributed by atoms with Gasteiger partial charge in [0.25, 0.3) is 0 Å². The van der Waals surface area contributed by atoms with Crippen LogP contribution >= 0.6 is 0 Å². The molecular formula is C14H24N2O4. The molecule has 1 saturated carbocycles. The van der Waals surface area contributed by atoms with Crippen molar-refractivity contribution in [3.8, 4) is 0 Å². The Labute approximate surface area is 119 Å². The molecule has 4 N–H and O–H groups in total. The van der Waals surface area contributed by atoms with Gasteiger partial charge < -0.3 is 16.2 Å². The van der Waals surface area contributed by atoms with Gasteiger partial charge in [-0.1, -0.05) is 13.8 Å². The van der Waals surface area contributed by atoms with Crippen LogP contribution in [-0.2, 0) is 14.4 Å². The van der Waals surface area contributed by atoms with E-state index in [0.717, 1.165) is 12.8 Å². The topological polar surface area (TPSA) is 109 Å². The van der Waals surface area contributed by atoms with Crippen LogP contribution < -0.4 is 11.1 Å². The van der Waals surface area contributed by atoms with Gasteiger partial charge in [-0.05, 0) is 31.1 Å². The number of hydrogen-bond donors (Lipinski definition) is 3. The zero-order valence-corrected chi connectivity index (χ0v) is 12.1. The lowest BCUT2D eigenvalue weighted by atomic mass is 9.83. The van der Waals surface area contributed by atoms with Crippen LogP contribution in [0.25, 0.3) is 0 Å². The number of amides is 2. The highest BCUT2D eigenvalue weighted by atomic mass is 16.4. The third kappa shape index (κ3) is 5.59. The maximum atomic E-state index is 11.9. The Morgan fingerprint density at radius 2 is 1.70 bits per heavy atom. The van der Waals surface area contributed by atoms with Crippen LogP contribution in [0, 0.1) is 11.3 Å². The average molecular weight is 284 g/mol. The van der Waals surface area contributed by atoms with E-state index in [2.05, 4.69) is 5.32 Å². The summed E-state index contributed by atoms with van der Waals surface area (Å²) in [6.07, 6.45) is 3.07. The van der Waals surface area contributed by atoms with E-state index in [1.807, 2.05) is 0 Å². The molecule has 20 heavy (non-hydrogen) atoms. The molecule has 1 aliphatic rings. The lowest BCUT2D eigenvalue weighted by Crippen LogP contribution is -2.41. The molecule has 0 aliphatic heterocycles. The maximum Gasteiger partial charge on any atom is 0.303 e. The highest BCUT2D eigenvalue weighted by Crippen LogP contribution is 2.27. The van der Waals surface area contributed by atoms with Crippen LogP contribution in [0.4, 0.5) is 0 Å². The number of nitrogens with two attached hydrogens (primary N) is 1.